The molecule has 8 heteroatoms. The molecule has 3 rings (SSSR count). The number of likely N-dealkylation sites (N-methyl/N-ethyl adjacent to an activating group) is 1. The quantitative estimate of drug-likeness (QED) is 0.333. The van der Waals surface area contributed by atoms with Gasteiger partial charge in [0.15, 0.2) is 0 Å². The first kappa shape index (κ1) is 26.4. The Bertz CT molecular complexity index is 1130. The maximum Gasteiger partial charge on any atom is 0.242 e. The molecule has 0 radical (unpaired) electrons. The number of benzene rings is 3. The molecule has 0 fully saturated rings. The lowest BCUT2D eigenvalue weighted by atomic mass is 10.0. The van der Waals surface area contributed by atoms with Crippen molar-refractivity contribution in [3.05, 3.63) is 105 Å². The zero-order chi connectivity index (χ0) is 24.5. The van der Waals surface area contributed by atoms with E-state index in [1.54, 1.807) is 24.1 Å². The lowest BCUT2D eigenvalue weighted by Crippen LogP contribution is -2.50. The Morgan fingerprint density at radius 3 is 2.29 bits per heavy atom. The summed E-state index contributed by atoms with van der Waals surface area (Å²) in [5.41, 5.74) is 2.80. The second kappa shape index (κ2) is 13.1. The molecular weight excluding hydrogens is 511 g/mol. The van der Waals surface area contributed by atoms with Gasteiger partial charge in [-0.05, 0) is 41.0 Å². The SMILES string of the molecule is CNC(=O)C(Cc1ccccc1)N(Cc1ccc(Cl)c(Cl)c1)C(=O)CSCc1cccc(Cl)c1. The van der Waals surface area contributed by atoms with Crippen molar-refractivity contribution < 1.29 is 9.59 Å². The molecule has 3 aromatic rings. The van der Waals surface area contributed by atoms with E-state index >= 15 is 0 Å². The van der Waals surface area contributed by atoms with Gasteiger partial charge in [0.1, 0.15) is 6.04 Å². The highest BCUT2D eigenvalue weighted by Gasteiger charge is 2.29. The number of nitrogens with zero attached hydrogens (tertiary/aromatic N) is 1. The molecule has 34 heavy (non-hydrogen) atoms. The van der Waals surface area contributed by atoms with Crippen molar-refractivity contribution in [1.82, 2.24) is 10.2 Å². The van der Waals surface area contributed by atoms with Crippen molar-refractivity contribution in [3.8, 4) is 0 Å². The van der Waals surface area contributed by atoms with Gasteiger partial charge in [-0.3, -0.25) is 9.59 Å². The summed E-state index contributed by atoms with van der Waals surface area (Å²) >= 11 is 19.8. The molecule has 1 N–H and O–H groups in total. The molecule has 0 saturated heterocycles. The van der Waals surface area contributed by atoms with E-state index in [2.05, 4.69) is 5.32 Å². The Labute approximate surface area is 219 Å². The number of amides is 2. The smallest absolute Gasteiger partial charge is 0.242 e. The zero-order valence-electron chi connectivity index (χ0n) is 18.6. The Morgan fingerprint density at radius 1 is 0.882 bits per heavy atom. The normalized spacial score (nSPS) is 11.6. The number of hydrogen-bond donors (Lipinski definition) is 1. The number of carbonyl (C=O) groups excluding carboxylic acids is 2. The van der Waals surface area contributed by atoms with Gasteiger partial charge in [0.05, 0.1) is 15.8 Å². The zero-order valence-corrected chi connectivity index (χ0v) is 21.7. The average Bonchev–Trinajstić information content (AvgIpc) is 2.83. The molecule has 3 aromatic carbocycles. The summed E-state index contributed by atoms with van der Waals surface area (Å²) in [7, 11) is 1.58. The number of carbonyl (C=O) groups is 2. The Morgan fingerprint density at radius 2 is 1.62 bits per heavy atom. The van der Waals surface area contributed by atoms with Gasteiger partial charge in [0, 0.05) is 30.8 Å². The van der Waals surface area contributed by atoms with Crippen LogP contribution in [-0.2, 0) is 28.3 Å². The van der Waals surface area contributed by atoms with Gasteiger partial charge in [-0.1, -0.05) is 83.3 Å². The van der Waals surface area contributed by atoms with E-state index in [1.165, 1.54) is 11.8 Å². The van der Waals surface area contributed by atoms with Crippen LogP contribution in [0.5, 0.6) is 0 Å². The maximum atomic E-state index is 13.4. The van der Waals surface area contributed by atoms with Crippen molar-refractivity contribution in [1.29, 1.82) is 0 Å². The largest absolute Gasteiger partial charge is 0.357 e. The van der Waals surface area contributed by atoms with E-state index in [0.29, 0.717) is 27.2 Å². The molecule has 4 nitrogen and oxygen atoms in total. The number of nitrogens with one attached hydrogen (secondary N) is 1. The molecule has 178 valence electrons. The van der Waals surface area contributed by atoms with Crippen molar-refractivity contribution in [2.24, 2.45) is 0 Å². The highest BCUT2D eigenvalue weighted by atomic mass is 35.5. The lowest BCUT2D eigenvalue weighted by molar-refractivity contribution is -0.139. The predicted molar refractivity (Wildman–Crippen MR) is 143 cm³/mol. The molecule has 0 aromatic heterocycles. The molecule has 2 amide bonds. The molecule has 0 aliphatic rings. The van der Waals surface area contributed by atoms with Crippen LogP contribution in [0, 0.1) is 0 Å². The van der Waals surface area contributed by atoms with E-state index < -0.39 is 6.04 Å². The number of thioether (sulfide) groups is 1. The molecule has 0 saturated carbocycles. The number of rotatable bonds is 10. The first-order valence-corrected chi connectivity index (χ1v) is 13.0. The summed E-state index contributed by atoms with van der Waals surface area (Å²) in [6.07, 6.45) is 0.395. The number of halogens is 3. The predicted octanol–water partition coefficient (Wildman–Crippen LogP) is 6.27. The third-order valence-electron chi connectivity index (χ3n) is 5.24. The monoisotopic (exact) mass is 534 g/mol. The van der Waals surface area contributed by atoms with Crippen LogP contribution in [0.2, 0.25) is 15.1 Å². The van der Waals surface area contributed by atoms with E-state index in [1.807, 2.05) is 60.7 Å². The van der Waals surface area contributed by atoms with E-state index in [-0.39, 0.29) is 24.1 Å². The Hall–Kier alpha value is -2.18. The fourth-order valence-corrected chi connectivity index (χ4v) is 4.91. The van der Waals surface area contributed by atoms with E-state index in [4.69, 9.17) is 34.8 Å². The first-order chi connectivity index (χ1) is 16.4. The molecule has 1 atom stereocenters. The van der Waals surface area contributed by atoms with Gasteiger partial charge < -0.3 is 10.2 Å². The minimum atomic E-state index is -0.680. The van der Waals surface area contributed by atoms with Gasteiger partial charge in [-0.2, -0.15) is 0 Å². The van der Waals surface area contributed by atoms with Crippen LogP contribution in [0.25, 0.3) is 0 Å². The highest BCUT2D eigenvalue weighted by Crippen LogP contribution is 2.25. The standard InChI is InChI=1S/C26H25Cl3N2O2S/c1-30-26(33)24(14-18-6-3-2-4-7-18)31(15-19-10-11-22(28)23(29)13-19)25(32)17-34-16-20-8-5-9-21(27)12-20/h2-13,24H,14-17H2,1H3,(H,30,33). The summed E-state index contributed by atoms with van der Waals surface area (Å²) < 4.78 is 0. The average molecular weight is 536 g/mol. The van der Waals surface area contributed by atoms with Gasteiger partial charge in [-0.25, -0.2) is 0 Å². The van der Waals surface area contributed by atoms with Crippen LogP contribution in [0.3, 0.4) is 0 Å². The molecule has 0 heterocycles. The number of hydrogen-bond acceptors (Lipinski definition) is 3. The lowest BCUT2D eigenvalue weighted by Gasteiger charge is -2.31. The summed E-state index contributed by atoms with van der Waals surface area (Å²) in [5.74, 6) is 0.492. The second-order valence-corrected chi connectivity index (χ2v) is 9.95. The molecule has 0 spiro atoms. The van der Waals surface area contributed by atoms with Gasteiger partial charge in [-0.15, -0.1) is 11.8 Å². The summed E-state index contributed by atoms with van der Waals surface area (Å²) in [4.78, 5) is 28.0. The molecule has 0 aliphatic carbocycles. The van der Waals surface area contributed by atoms with Crippen LogP contribution < -0.4 is 5.32 Å². The maximum absolute atomic E-state index is 13.4. The molecule has 0 bridgehead atoms. The Balaban J connectivity index is 1.83. The van der Waals surface area contributed by atoms with Crippen LogP contribution in [-0.4, -0.2) is 35.6 Å². The minimum absolute atomic E-state index is 0.136. The van der Waals surface area contributed by atoms with Crippen molar-refractivity contribution in [2.75, 3.05) is 12.8 Å². The van der Waals surface area contributed by atoms with Crippen molar-refractivity contribution in [3.63, 3.8) is 0 Å². The van der Waals surface area contributed by atoms with Gasteiger partial charge >= 0.3 is 0 Å². The van der Waals surface area contributed by atoms with Crippen LogP contribution in [0.15, 0.2) is 72.8 Å². The summed E-state index contributed by atoms with van der Waals surface area (Å²) in [5, 5.41) is 4.22. The third-order valence-corrected chi connectivity index (χ3v) is 7.20. The van der Waals surface area contributed by atoms with Gasteiger partial charge in [0.25, 0.3) is 0 Å². The van der Waals surface area contributed by atoms with Crippen LogP contribution >= 0.6 is 46.6 Å². The third kappa shape index (κ3) is 7.67. The van der Waals surface area contributed by atoms with Crippen molar-refractivity contribution >= 4 is 58.4 Å². The van der Waals surface area contributed by atoms with Crippen LogP contribution in [0.1, 0.15) is 16.7 Å². The molecular formula is C26H25Cl3N2O2S. The molecule has 0 aliphatic heterocycles. The van der Waals surface area contributed by atoms with Crippen LogP contribution in [0.4, 0.5) is 0 Å². The fraction of sp³-hybridized carbons (Fsp3) is 0.231. The summed E-state index contributed by atoms with van der Waals surface area (Å²) in [6.45, 7) is 0.234. The summed E-state index contributed by atoms with van der Waals surface area (Å²) in [6, 6.07) is 21.8. The van der Waals surface area contributed by atoms with Crippen molar-refractivity contribution in [2.45, 2.75) is 24.8 Å². The molecule has 1 unspecified atom stereocenters. The second-order valence-electron chi connectivity index (χ2n) is 7.71. The minimum Gasteiger partial charge on any atom is -0.357 e. The Kier molecular flexibility index (Phi) is 10.1. The first-order valence-electron chi connectivity index (χ1n) is 10.7. The van der Waals surface area contributed by atoms with E-state index in [0.717, 1.165) is 16.7 Å². The topological polar surface area (TPSA) is 49.4 Å². The fourth-order valence-electron chi connectivity index (χ4n) is 3.52. The van der Waals surface area contributed by atoms with Gasteiger partial charge in [0.2, 0.25) is 11.8 Å². The highest BCUT2D eigenvalue weighted by molar-refractivity contribution is 7.99. The van der Waals surface area contributed by atoms with E-state index in [9.17, 15) is 9.59 Å².